The van der Waals surface area contributed by atoms with Gasteiger partial charge in [0.15, 0.2) is 0 Å². The van der Waals surface area contributed by atoms with Crippen molar-refractivity contribution in [3.63, 3.8) is 0 Å². The van der Waals surface area contributed by atoms with Gasteiger partial charge in [-0.05, 0) is 29.5 Å². The molecule has 0 radical (unpaired) electrons. The minimum absolute atomic E-state index is 0.266. The largest absolute Gasteiger partial charge is 0.330 e. The van der Waals surface area contributed by atoms with Crippen LogP contribution in [0.1, 0.15) is 31.4 Å². The molecule has 88 valence electrons. The molecule has 0 bridgehead atoms. The highest BCUT2D eigenvalue weighted by Gasteiger charge is 2.27. The van der Waals surface area contributed by atoms with Gasteiger partial charge in [-0.3, -0.25) is 4.90 Å². The summed E-state index contributed by atoms with van der Waals surface area (Å²) in [6.45, 7) is 8.58. The molecule has 0 aliphatic carbocycles. The average Bonchev–Trinajstić information content (AvgIpc) is 2.70. The summed E-state index contributed by atoms with van der Waals surface area (Å²) < 4.78 is 0. The summed E-state index contributed by atoms with van der Waals surface area (Å²) >= 11 is 0. The van der Waals surface area contributed by atoms with Gasteiger partial charge < -0.3 is 5.73 Å². The van der Waals surface area contributed by atoms with E-state index in [0.29, 0.717) is 0 Å². The third-order valence-corrected chi connectivity index (χ3v) is 3.86. The summed E-state index contributed by atoms with van der Waals surface area (Å²) in [5, 5.41) is 0. The summed E-state index contributed by atoms with van der Waals surface area (Å²) in [5.74, 6) is 0. The maximum absolute atomic E-state index is 5.87. The molecule has 0 saturated carbocycles. The van der Waals surface area contributed by atoms with Gasteiger partial charge in [0.05, 0.1) is 0 Å². The molecule has 2 nitrogen and oxygen atoms in total. The SMILES string of the molecule is CCC(C)(CN)CN1Cc2ccccc2C1. The number of rotatable bonds is 4. The van der Waals surface area contributed by atoms with Crippen molar-refractivity contribution in [1.29, 1.82) is 0 Å². The number of fused-ring (bicyclic) bond motifs is 1. The van der Waals surface area contributed by atoms with E-state index in [0.717, 1.165) is 32.6 Å². The number of hydrogen-bond donors (Lipinski definition) is 1. The maximum atomic E-state index is 5.87. The van der Waals surface area contributed by atoms with Gasteiger partial charge in [0.1, 0.15) is 0 Å². The molecule has 1 aliphatic heterocycles. The van der Waals surface area contributed by atoms with Crippen LogP contribution in [0.3, 0.4) is 0 Å². The normalized spacial score (nSPS) is 19.4. The second kappa shape index (κ2) is 4.56. The first-order chi connectivity index (χ1) is 7.67. The van der Waals surface area contributed by atoms with Crippen molar-refractivity contribution in [1.82, 2.24) is 4.90 Å². The highest BCUT2D eigenvalue weighted by molar-refractivity contribution is 5.30. The van der Waals surface area contributed by atoms with E-state index in [-0.39, 0.29) is 5.41 Å². The molecule has 2 rings (SSSR count). The van der Waals surface area contributed by atoms with E-state index in [2.05, 4.69) is 43.0 Å². The Bertz CT molecular complexity index is 331. The standard InChI is InChI=1S/C14H22N2/c1-3-14(2,10-15)11-16-8-12-6-4-5-7-13(12)9-16/h4-7H,3,8-11,15H2,1-2H3. The predicted molar refractivity (Wildman–Crippen MR) is 68.0 cm³/mol. The number of nitrogens with two attached hydrogens (primary N) is 1. The first-order valence-corrected chi connectivity index (χ1v) is 6.16. The van der Waals surface area contributed by atoms with Crippen molar-refractivity contribution in [2.24, 2.45) is 11.1 Å². The molecule has 1 heterocycles. The Morgan fingerprint density at radius 1 is 1.25 bits per heavy atom. The number of benzene rings is 1. The topological polar surface area (TPSA) is 29.3 Å². The molecule has 1 aromatic rings. The zero-order valence-electron chi connectivity index (χ0n) is 10.4. The fourth-order valence-corrected chi connectivity index (χ4v) is 2.38. The maximum Gasteiger partial charge on any atom is 0.0240 e. The van der Waals surface area contributed by atoms with E-state index < -0.39 is 0 Å². The third-order valence-electron chi connectivity index (χ3n) is 3.86. The van der Waals surface area contributed by atoms with Gasteiger partial charge in [0.2, 0.25) is 0 Å². The zero-order valence-corrected chi connectivity index (χ0v) is 10.4. The number of hydrogen-bond acceptors (Lipinski definition) is 2. The molecule has 1 atom stereocenters. The molecule has 0 spiro atoms. The van der Waals surface area contributed by atoms with E-state index in [1.54, 1.807) is 0 Å². The molecule has 0 saturated heterocycles. The Kier molecular flexibility index (Phi) is 3.31. The Morgan fingerprint density at radius 2 is 1.81 bits per heavy atom. The van der Waals surface area contributed by atoms with Crippen molar-refractivity contribution in [3.8, 4) is 0 Å². The van der Waals surface area contributed by atoms with Crippen LogP contribution in [0, 0.1) is 5.41 Å². The highest BCUT2D eigenvalue weighted by Crippen LogP contribution is 2.28. The summed E-state index contributed by atoms with van der Waals surface area (Å²) in [7, 11) is 0. The first kappa shape index (κ1) is 11.6. The van der Waals surface area contributed by atoms with Gasteiger partial charge in [0, 0.05) is 19.6 Å². The summed E-state index contributed by atoms with van der Waals surface area (Å²) in [6, 6.07) is 8.73. The Balaban J connectivity index is 2.02. The lowest BCUT2D eigenvalue weighted by atomic mass is 9.87. The van der Waals surface area contributed by atoms with Crippen LogP contribution >= 0.6 is 0 Å². The lowest BCUT2D eigenvalue weighted by Crippen LogP contribution is -2.38. The first-order valence-electron chi connectivity index (χ1n) is 6.16. The Hall–Kier alpha value is -0.860. The summed E-state index contributed by atoms with van der Waals surface area (Å²) in [6.07, 6.45) is 1.15. The lowest BCUT2D eigenvalue weighted by molar-refractivity contribution is 0.164. The second-order valence-electron chi connectivity index (χ2n) is 5.28. The van der Waals surface area contributed by atoms with Crippen LogP contribution in [0.4, 0.5) is 0 Å². The van der Waals surface area contributed by atoms with Crippen molar-refractivity contribution in [2.75, 3.05) is 13.1 Å². The minimum Gasteiger partial charge on any atom is -0.330 e. The van der Waals surface area contributed by atoms with Gasteiger partial charge in [0.25, 0.3) is 0 Å². The molecule has 1 unspecified atom stereocenters. The molecular formula is C14H22N2. The smallest absolute Gasteiger partial charge is 0.0240 e. The number of nitrogens with zero attached hydrogens (tertiary/aromatic N) is 1. The molecule has 0 fully saturated rings. The second-order valence-corrected chi connectivity index (χ2v) is 5.28. The fraction of sp³-hybridized carbons (Fsp3) is 0.571. The van der Waals surface area contributed by atoms with Crippen molar-refractivity contribution >= 4 is 0 Å². The van der Waals surface area contributed by atoms with Crippen molar-refractivity contribution < 1.29 is 0 Å². The van der Waals surface area contributed by atoms with Gasteiger partial charge >= 0.3 is 0 Å². The molecule has 16 heavy (non-hydrogen) atoms. The Labute approximate surface area is 98.4 Å². The van der Waals surface area contributed by atoms with Crippen LogP contribution in [-0.2, 0) is 13.1 Å². The minimum atomic E-state index is 0.266. The van der Waals surface area contributed by atoms with Gasteiger partial charge in [-0.15, -0.1) is 0 Å². The monoisotopic (exact) mass is 218 g/mol. The average molecular weight is 218 g/mol. The van der Waals surface area contributed by atoms with E-state index in [1.165, 1.54) is 11.1 Å². The zero-order chi connectivity index (χ0) is 11.6. The molecule has 0 aromatic heterocycles. The third kappa shape index (κ3) is 2.28. The summed E-state index contributed by atoms with van der Waals surface area (Å²) in [5.41, 5.74) is 9.11. The van der Waals surface area contributed by atoms with Gasteiger partial charge in [-0.1, -0.05) is 38.1 Å². The highest BCUT2D eigenvalue weighted by atomic mass is 15.1. The van der Waals surface area contributed by atoms with Crippen molar-refractivity contribution in [3.05, 3.63) is 35.4 Å². The lowest BCUT2D eigenvalue weighted by Gasteiger charge is -2.31. The molecule has 1 aliphatic rings. The molecule has 0 amide bonds. The predicted octanol–water partition coefficient (Wildman–Crippen LogP) is 2.38. The van der Waals surface area contributed by atoms with Crippen LogP contribution in [0.2, 0.25) is 0 Å². The fourth-order valence-electron chi connectivity index (χ4n) is 2.38. The quantitative estimate of drug-likeness (QED) is 0.840. The molecule has 1 aromatic carbocycles. The van der Waals surface area contributed by atoms with Gasteiger partial charge in [-0.25, -0.2) is 0 Å². The molecular weight excluding hydrogens is 196 g/mol. The van der Waals surface area contributed by atoms with E-state index in [4.69, 9.17) is 5.73 Å². The van der Waals surface area contributed by atoms with E-state index >= 15 is 0 Å². The van der Waals surface area contributed by atoms with Crippen LogP contribution < -0.4 is 5.73 Å². The van der Waals surface area contributed by atoms with Crippen molar-refractivity contribution in [2.45, 2.75) is 33.4 Å². The molecule has 2 heteroatoms. The van der Waals surface area contributed by atoms with Crippen LogP contribution in [0.25, 0.3) is 0 Å². The molecule has 2 N–H and O–H groups in total. The summed E-state index contributed by atoms with van der Waals surface area (Å²) in [4.78, 5) is 2.51. The van der Waals surface area contributed by atoms with E-state index in [1.807, 2.05) is 0 Å². The van der Waals surface area contributed by atoms with Crippen LogP contribution in [0.5, 0.6) is 0 Å². The van der Waals surface area contributed by atoms with E-state index in [9.17, 15) is 0 Å². The van der Waals surface area contributed by atoms with Crippen LogP contribution in [0.15, 0.2) is 24.3 Å². The van der Waals surface area contributed by atoms with Crippen LogP contribution in [-0.4, -0.2) is 18.0 Å². The van der Waals surface area contributed by atoms with Gasteiger partial charge in [-0.2, -0.15) is 0 Å². The Morgan fingerprint density at radius 3 is 2.25 bits per heavy atom.